The molecule has 0 saturated heterocycles. The number of nitrogens with one attached hydrogen (secondary N) is 1. The van der Waals surface area contributed by atoms with Gasteiger partial charge in [0.05, 0.1) is 16.6 Å². The van der Waals surface area contributed by atoms with E-state index in [0.717, 1.165) is 29.1 Å². The van der Waals surface area contributed by atoms with Gasteiger partial charge >= 0.3 is 0 Å². The number of hydrogen-bond acceptors (Lipinski definition) is 2. The molecule has 0 radical (unpaired) electrons. The fourth-order valence-corrected chi connectivity index (χ4v) is 3.64. The molecule has 4 heteroatoms. The molecule has 1 aromatic carbocycles. The maximum absolute atomic E-state index is 12.6. The van der Waals surface area contributed by atoms with Crippen LogP contribution in [0.2, 0.25) is 0 Å². The van der Waals surface area contributed by atoms with Crippen LogP contribution in [0.4, 0.5) is 0 Å². The van der Waals surface area contributed by atoms with E-state index in [0.29, 0.717) is 5.56 Å². The molecule has 1 saturated carbocycles. The smallest absolute Gasteiger partial charge is 0.253 e. The molecular formula is C16H17BrN2O. The number of para-hydroxylation sites is 1. The van der Waals surface area contributed by atoms with Crippen molar-refractivity contribution in [1.82, 2.24) is 10.3 Å². The first-order valence-corrected chi connectivity index (χ1v) is 8.08. The minimum atomic E-state index is -0.0893. The summed E-state index contributed by atoms with van der Waals surface area (Å²) in [5, 5.41) is 5.03. The minimum Gasteiger partial charge on any atom is -0.346 e. The molecule has 0 unspecified atom stereocenters. The summed E-state index contributed by atoms with van der Waals surface area (Å²) >= 11 is 3.55. The summed E-state index contributed by atoms with van der Waals surface area (Å²) in [7, 11) is 0. The predicted molar refractivity (Wildman–Crippen MR) is 84.2 cm³/mol. The predicted octanol–water partition coefficient (Wildman–Crippen LogP) is 3.67. The molecule has 1 aliphatic rings. The quantitative estimate of drug-likeness (QED) is 0.871. The van der Waals surface area contributed by atoms with Crippen molar-refractivity contribution in [3.63, 3.8) is 0 Å². The Morgan fingerprint density at radius 3 is 2.75 bits per heavy atom. The van der Waals surface area contributed by atoms with Crippen molar-refractivity contribution in [1.29, 1.82) is 0 Å². The maximum atomic E-state index is 12.6. The van der Waals surface area contributed by atoms with Gasteiger partial charge in [0.2, 0.25) is 0 Å². The number of fused-ring (bicyclic) bond motifs is 1. The molecule has 104 valence electrons. The second kappa shape index (κ2) is 5.52. The summed E-state index contributed by atoms with van der Waals surface area (Å²) in [6.07, 6.45) is 6.18. The second-order valence-corrected chi connectivity index (χ2v) is 6.02. The summed E-state index contributed by atoms with van der Waals surface area (Å²) in [5.74, 6) is -0.0179. The molecule has 0 atom stereocenters. The zero-order valence-corrected chi connectivity index (χ0v) is 12.8. The maximum Gasteiger partial charge on any atom is 0.253 e. The SMILES string of the molecule is O=C(NC1(CBr)CCCC1)c1cccc2cccnc12. The van der Waals surface area contributed by atoms with Crippen LogP contribution >= 0.6 is 15.9 Å². The van der Waals surface area contributed by atoms with E-state index in [1.54, 1.807) is 6.20 Å². The Morgan fingerprint density at radius 1 is 1.25 bits per heavy atom. The van der Waals surface area contributed by atoms with Gasteiger partial charge in [-0.3, -0.25) is 9.78 Å². The summed E-state index contributed by atoms with van der Waals surface area (Å²) in [5.41, 5.74) is 1.35. The fraction of sp³-hybridized carbons (Fsp3) is 0.375. The first kappa shape index (κ1) is 13.6. The third-order valence-electron chi connectivity index (χ3n) is 4.07. The highest BCUT2D eigenvalue weighted by Gasteiger charge is 2.34. The number of pyridine rings is 1. The van der Waals surface area contributed by atoms with Gasteiger partial charge in [0.1, 0.15) is 0 Å². The summed E-state index contributed by atoms with van der Waals surface area (Å²) < 4.78 is 0. The molecule has 1 amide bonds. The van der Waals surface area contributed by atoms with E-state index in [2.05, 4.69) is 26.2 Å². The van der Waals surface area contributed by atoms with Crippen molar-refractivity contribution in [2.24, 2.45) is 0 Å². The zero-order chi connectivity index (χ0) is 14.0. The van der Waals surface area contributed by atoms with Gasteiger partial charge in [-0.1, -0.05) is 47.0 Å². The number of carbonyl (C=O) groups excluding carboxylic acids is 1. The van der Waals surface area contributed by atoms with Crippen molar-refractivity contribution in [3.8, 4) is 0 Å². The number of rotatable bonds is 3. The van der Waals surface area contributed by atoms with Gasteiger partial charge in [0, 0.05) is 16.9 Å². The van der Waals surface area contributed by atoms with Crippen LogP contribution in [0.3, 0.4) is 0 Å². The Labute approximate surface area is 126 Å². The first-order chi connectivity index (χ1) is 9.74. The molecule has 1 aromatic heterocycles. The van der Waals surface area contributed by atoms with Crippen molar-refractivity contribution < 1.29 is 4.79 Å². The van der Waals surface area contributed by atoms with Crippen molar-refractivity contribution in [3.05, 3.63) is 42.1 Å². The highest BCUT2D eigenvalue weighted by atomic mass is 79.9. The Bertz CT molecular complexity index is 630. The molecule has 1 fully saturated rings. The lowest BCUT2D eigenvalue weighted by Crippen LogP contribution is -2.47. The molecular weight excluding hydrogens is 316 g/mol. The summed E-state index contributed by atoms with van der Waals surface area (Å²) in [4.78, 5) is 17.0. The average molecular weight is 333 g/mol. The minimum absolute atomic E-state index is 0.0179. The Morgan fingerprint density at radius 2 is 2.00 bits per heavy atom. The second-order valence-electron chi connectivity index (χ2n) is 5.46. The topological polar surface area (TPSA) is 42.0 Å². The molecule has 3 nitrogen and oxygen atoms in total. The van der Waals surface area contributed by atoms with Crippen LogP contribution in [0.5, 0.6) is 0 Å². The lowest BCUT2D eigenvalue weighted by Gasteiger charge is -2.28. The summed E-state index contributed by atoms with van der Waals surface area (Å²) in [6, 6.07) is 9.61. The number of halogens is 1. The number of hydrogen-bond donors (Lipinski definition) is 1. The van der Waals surface area contributed by atoms with Crippen LogP contribution in [0.15, 0.2) is 36.5 Å². The van der Waals surface area contributed by atoms with Crippen molar-refractivity contribution in [2.75, 3.05) is 5.33 Å². The van der Waals surface area contributed by atoms with E-state index in [1.165, 1.54) is 12.8 Å². The van der Waals surface area contributed by atoms with E-state index >= 15 is 0 Å². The van der Waals surface area contributed by atoms with E-state index in [-0.39, 0.29) is 11.4 Å². The molecule has 0 aliphatic heterocycles. The van der Waals surface area contributed by atoms with E-state index in [4.69, 9.17) is 0 Å². The van der Waals surface area contributed by atoms with Gasteiger partial charge in [-0.15, -0.1) is 0 Å². The number of benzene rings is 1. The highest BCUT2D eigenvalue weighted by molar-refractivity contribution is 9.09. The number of amides is 1. The van der Waals surface area contributed by atoms with Gasteiger partial charge < -0.3 is 5.32 Å². The standard InChI is InChI=1S/C16H17BrN2O/c17-11-16(8-1-2-9-16)19-15(20)13-7-3-5-12-6-4-10-18-14(12)13/h3-7,10H,1-2,8-9,11H2,(H,19,20). The van der Waals surface area contributed by atoms with E-state index in [9.17, 15) is 4.79 Å². The summed E-state index contributed by atoms with van der Waals surface area (Å²) in [6.45, 7) is 0. The normalized spacial score (nSPS) is 17.2. The Hall–Kier alpha value is -1.42. The van der Waals surface area contributed by atoms with Gasteiger partial charge in [-0.05, 0) is 25.0 Å². The number of aromatic nitrogens is 1. The molecule has 2 aromatic rings. The molecule has 0 bridgehead atoms. The first-order valence-electron chi connectivity index (χ1n) is 6.96. The van der Waals surface area contributed by atoms with Crippen molar-refractivity contribution in [2.45, 2.75) is 31.2 Å². The van der Waals surface area contributed by atoms with Crippen LogP contribution in [0.1, 0.15) is 36.0 Å². The molecule has 1 N–H and O–H groups in total. The van der Waals surface area contributed by atoms with Gasteiger partial charge in [-0.25, -0.2) is 0 Å². The van der Waals surface area contributed by atoms with Gasteiger partial charge in [-0.2, -0.15) is 0 Å². The third kappa shape index (κ3) is 2.44. The molecule has 0 spiro atoms. The Balaban J connectivity index is 1.93. The van der Waals surface area contributed by atoms with Crippen LogP contribution in [0.25, 0.3) is 10.9 Å². The van der Waals surface area contributed by atoms with Crippen LogP contribution in [-0.4, -0.2) is 21.8 Å². The van der Waals surface area contributed by atoms with E-state index in [1.807, 2.05) is 30.3 Å². The number of carbonyl (C=O) groups is 1. The lowest BCUT2D eigenvalue weighted by atomic mass is 9.99. The average Bonchev–Trinajstić information content (AvgIpc) is 2.95. The van der Waals surface area contributed by atoms with Crippen LogP contribution in [-0.2, 0) is 0 Å². The fourth-order valence-electron chi connectivity index (χ4n) is 2.94. The largest absolute Gasteiger partial charge is 0.346 e. The van der Waals surface area contributed by atoms with Gasteiger partial charge in [0.25, 0.3) is 5.91 Å². The molecule has 3 rings (SSSR count). The zero-order valence-electron chi connectivity index (χ0n) is 11.2. The lowest BCUT2D eigenvalue weighted by molar-refractivity contribution is 0.0912. The molecule has 1 aliphatic carbocycles. The van der Waals surface area contributed by atoms with Gasteiger partial charge in [0.15, 0.2) is 0 Å². The van der Waals surface area contributed by atoms with E-state index < -0.39 is 0 Å². The Kier molecular flexibility index (Phi) is 3.74. The molecule has 20 heavy (non-hydrogen) atoms. The van der Waals surface area contributed by atoms with Crippen molar-refractivity contribution >= 4 is 32.7 Å². The number of nitrogens with zero attached hydrogens (tertiary/aromatic N) is 1. The van der Waals surface area contributed by atoms with Crippen LogP contribution < -0.4 is 5.32 Å². The highest BCUT2D eigenvalue weighted by Crippen LogP contribution is 2.31. The molecule has 1 heterocycles. The monoisotopic (exact) mass is 332 g/mol. The van der Waals surface area contributed by atoms with Crippen LogP contribution in [0, 0.1) is 0 Å². The third-order valence-corrected chi connectivity index (χ3v) is 5.15. The number of alkyl halides is 1.